The molecule has 6 nitrogen and oxygen atoms in total. The van der Waals surface area contributed by atoms with Crippen molar-refractivity contribution < 1.29 is 9.34 Å². The Hall–Kier alpha value is -2.63. The molecule has 0 spiro atoms. The van der Waals surface area contributed by atoms with Gasteiger partial charge in [-0.25, -0.2) is 0 Å². The second kappa shape index (κ2) is 4.48. The van der Waals surface area contributed by atoms with Crippen molar-refractivity contribution in [1.82, 2.24) is 0 Å². The molecule has 2 rings (SSSR count). The Labute approximate surface area is 96.5 Å². The fourth-order valence-corrected chi connectivity index (χ4v) is 1.40. The van der Waals surface area contributed by atoms with E-state index in [9.17, 15) is 10.1 Å². The van der Waals surface area contributed by atoms with E-state index in [1.165, 1.54) is 18.3 Å². The minimum Gasteiger partial charge on any atom is -0.455 e. The zero-order valence-corrected chi connectivity index (χ0v) is 8.74. The fourth-order valence-electron chi connectivity index (χ4n) is 1.40. The highest BCUT2D eigenvalue weighted by atomic mass is 16.6. The van der Waals surface area contributed by atoms with E-state index in [0.29, 0.717) is 11.5 Å². The zero-order chi connectivity index (χ0) is 12.3. The summed E-state index contributed by atoms with van der Waals surface area (Å²) >= 11 is 0. The Kier molecular flexibility index (Phi) is 2.87. The first-order valence-corrected chi connectivity index (χ1v) is 4.78. The monoisotopic (exact) mass is 231 g/mol. The summed E-state index contributed by atoms with van der Waals surface area (Å²) < 4.78 is 5.41. The average Bonchev–Trinajstić information content (AvgIpc) is 2.78. The number of benzene rings is 1. The van der Waals surface area contributed by atoms with Crippen molar-refractivity contribution >= 4 is 11.9 Å². The zero-order valence-electron chi connectivity index (χ0n) is 8.74. The molecule has 0 fully saturated rings. The van der Waals surface area contributed by atoms with E-state index in [2.05, 4.69) is 5.10 Å². The molecule has 0 atom stereocenters. The van der Waals surface area contributed by atoms with E-state index in [-0.39, 0.29) is 5.69 Å². The first-order valence-electron chi connectivity index (χ1n) is 4.78. The smallest absolute Gasteiger partial charge is 0.269 e. The summed E-state index contributed by atoms with van der Waals surface area (Å²) in [5.41, 5.74) is 0.802. The number of nitrogens with zero attached hydrogens (tertiary/aromatic N) is 2. The third-order valence-electron chi connectivity index (χ3n) is 2.19. The molecule has 0 unspecified atom stereocenters. The van der Waals surface area contributed by atoms with Crippen LogP contribution in [-0.4, -0.2) is 11.1 Å². The second-order valence-corrected chi connectivity index (χ2v) is 3.28. The molecule has 86 valence electrons. The molecule has 0 saturated carbocycles. The van der Waals surface area contributed by atoms with Crippen LogP contribution in [0.15, 0.2) is 45.9 Å². The molecule has 0 saturated heterocycles. The van der Waals surface area contributed by atoms with Crippen molar-refractivity contribution in [3.8, 4) is 11.3 Å². The minimum absolute atomic E-state index is 0.0454. The molecule has 0 amide bonds. The number of nitro benzene ring substituents is 1. The van der Waals surface area contributed by atoms with Gasteiger partial charge in [0.05, 0.1) is 11.1 Å². The number of nitro groups is 1. The molecule has 1 aromatic heterocycles. The molecule has 2 N–H and O–H groups in total. The standard InChI is InChI=1S/C11H9N3O3/c12-13-7-10-5-6-11(17-10)8-1-3-9(4-2-8)14(15)16/h1-7H,12H2/b13-7+. The molecule has 1 heterocycles. The normalized spacial score (nSPS) is 10.8. The lowest BCUT2D eigenvalue weighted by Gasteiger charge is -1.96. The summed E-state index contributed by atoms with van der Waals surface area (Å²) in [4.78, 5) is 10.0. The molecule has 6 heteroatoms. The van der Waals surface area contributed by atoms with Crippen LogP contribution in [0.2, 0.25) is 0 Å². The van der Waals surface area contributed by atoms with Crippen LogP contribution in [0.5, 0.6) is 0 Å². The first kappa shape index (κ1) is 10.9. The Morgan fingerprint density at radius 2 is 1.94 bits per heavy atom. The summed E-state index contributed by atoms with van der Waals surface area (Å²) in [5, 5.41) is 13.8. The van der Waals surface area contributed by atoms with Crippen LogP contribution in [0.25, 0.3) is 11.3 Å². The number of furan rings is 1. The number of hydrogen-bond acceptors (Lipinski definition) is 5. The summed E-state index contributed by atoms with van der Waals surface area (Å²) in [6.07, 6.45) is 1.38. The van der Waals surface area contributed by atoms with Crippen LogP contribution in [0.1, 0.15) is 5.76 Å². The molecule has 0 aliphatic heterocycles. The van der Waals surface area contributed by atoms with E-state index in [0.717, 1.165) is 5.56 Å². The van der Waals surface area contributed by atoms with E-state index in [4.69, 9.17) is 10.3 Å². The largest absolute Gasteiger partial charge is 0.455 e. The molecule has 0 radical (unpaired) electrons. The van der Waals surface area contributed by atoms with Gasteiger partial charge in [0.25, 0.3) is 5.69 Å². The van der Waals surface area contributed by atoms with Crippen LogP contribution in [0.4, 0.5) is 5.69 Å². The summed E-state index contributed by atoms with van der Waals surface area (Å²) in [5.74, 6) is 6.13. The van der Waals surface area contributed by atoms with Crippen LogP contribution in [0.3, 0.4) is 0 Å². The molecule has 0 aliphatic rings. The molecule has 17 heavy (non-hydrogen) atoms. The van der Waals surface area contributed by atoms with E-state index < -0.39 is 4.92 Å². The van der Waals surface area contributed by atoms with Crippen molar-refractivity contribution in [2.24, 2.45) is 10.9 Å². The average molecular weight is 231 g/mol. The van der Waals surface area contributed by atoms with Gasteiger partial charge in [-0.05, 0) is 24.3 Å². The van der Waals surface area contributed by atoms with E-state index in [1.807, 2.05) is 0 Å². The van der Waals surface area contributed by atoms with E-state index in [1.54, 1.807) is 24.3 Å². The number of nitrogens with two attached hydrogens (primary N) is 1. The molecule has 0 bridgehead atoms. The summed E-state index contributed by atoms with van der Waals surface area (Å²) in [6.45, 7) is 0. The number of hydrogen-bond donors (Lipinski definition) is 1. The lowest BCUT2D eigenvalue weighted by atomic mass is 10.1. The lowest BCUT2D eigenvalue weighted by Crippen LogP contribution is -1.86. The maximum atomic E-state index is 10.5. The Morgan fingerprint density at radius 1 is 1.24 bits per heavy atom. The molecule has 0 aliphatic carbocycles. The van der Waals surface area contributed by atoms with Gasteiger partial charge in [0.1, 0.15) is 11.5 Å². The molecule has 1 aromatic carbocycles. The van der Waals surface area contributed by atoms with Crippen molar-refractivity contribution in [3.05, 3.63) is 52.3 Å². The summed E-state index contributed by atoms with van der Waals surface area (Å²) in [6, 6.07) is 9.56. The highest BCUT2D eigenvalue weighted by Gasteiger charge is 2.07. The van der Waals surface area contributed by atoms with E-state index >= 15 is 0 Å². The Balaban J connectivity index is 2.29. The van der Waals surface area contributed by atoms with Crippen molar-refractivity contribution in [2.75, 3.05) is 0 Å². The Bertz CT molecular complexity index is 558. The van der Waals surface area contributed by atoms with Crippen LogP contribution in [-0.2, 0) is 0 Å². The quantitative estimate of drug-likeness (QED) is 0.379. The van der Waals surface area contributed by atoms with Gasteiger partial charge >= 0.3 is 0 Å². The van der Waals surface area contributed by atoms with Gasteiger partial charge in [-0.3, -0.25) is 10.1 Å². The van der Waals surface area contributed by atoms with Crippen molar-refractivity contribution in [2.45, 2.75) is 0 Å². The third-order valence-corrected chi connectivity index (χ3v) is 2.19. The van der Waals surface area contributed by atoms with Gasteiger partial charge in [-0.1, -0.05) is 0 Å². The van der Waals surface area contributed by atoms with Gasteiger partial charge in [-0.15, -0.1) is 0 Å². The maximum absolute atomic E-state index is 10.5. The predicted octanol–water partition coefficient (Wildman–Crippen LogP) is 2.15. The number of rotatable bonds is 3. The van der Waals surface area contributed by atoms with Crippen LogP contribution < -0.4 is 5.84 Å². The topological polar surface area (TPSA) is 94.7 Å². The van der Waals surface area contributed by atoms with Crippen molar-refractivity contribution in [3.63, 3.8) is 0 Å². The van der Waals surface area contributed by atoms with Gasteiger partial charge in [0, 0.05) is 17.7 Å². The molecular weight excluding hydrogens is 222 g/mol. The van der Waals surface area contributed by atoms with Gasteiger partial charge < -0.3 is 10.3 Å². The molecular formula is C11H9N3O3. The lowest BCUT2D eigenvalue weighted by molar-refractivity contribution is -0.384. The highest BCUT2D eigenvalue weighted by molar-refractivity contribution is 5.77. The SMILES string of the molecule is N/N=C/c1ccc(-c2ccc([N+](=O)[O-])cc2)o1. The van der Waals surface area contributed by atoms with Gasteiger partial charge in [0.15, 0.2) is 0 Å². The summed E-state index contributed by atoms with van der Waals surface area (Å²) in [7, 11) is 0. The number of non-ortho nitro benzene ring substituents is 1. The first-order chi connectivity index (χ1) is 8.20. The molecule has 2 aromatic rings. The van der Waals surface area contributed by atoms with Crippen LogP contribution >= 0.6 is 0 Å². The van der Waals surface area contributed by atoms with Crippen LogP contribution in [0, 0.1) is 10.1 Å². The van der Waals surface area contributed by atoms with Crippen molar-refractivity contribution in [1.29, 1.82) is 0 Å². The minimum atomic E-state index is -0.446. The highest BCUT2D eigenvalue weighted by Crippen LogP contribution is 2.23. The maximum Gasteiger partial charge on any atom is 0.269 e. The predicted molar refractivity (Wildman–Crippen MR) is 62.6 cm³/mol. The van der Waals surface area contributed by atoms with Gasteiger partial charge in [0.2, 0.25) is 0 Å². The van der Waals surface area contributed by atoms with Gasteiger partial charge in [-0.2, -0.15) is 5.10 Å². The second-order valence-electron chi connectivity index (χ2n) is 3.28. The third kappa shape index (κ3) is 2.31. The number of hydrazone groups is 1. The Morgan fingerprint density at radius 3 is 2.53 bits per heavy atom. The fraction of sp³-hybridized carbons (Fsp3) is 0.